The van der Waals surface area contributed by atoms with E-state index in [1.807, 2.05) is 0 Å². The number of benzene rings is 2. The molecule has 0 fully saturated rings. The second-order valence-electron chi connectivity index (χ2n) is 4.93. The van der Waals surface area contributed by atoms with E-state index in [0.717, 1.165) is 18.0 Å². The van der Waals surface area contributed by atoms with E-state index in [9.17, 15) is 18.0 Å². The predicted octanol–water partition coefficient (Wildman–Crippen LogP) is 2.52. The Balaban J connectivity index is 1.98. The Bertz CT molecular complexity index is 860. The first-order chi connectivity index (χ1) is 11.3. The van der Waals surface area contributed by atoms with Gasteiger partial charge in [-0.05, 0) is 36.4 Å². The van der Waals surface area contributed by atoms with Crippen molar-refractivity contribution in [3.05, 3.63) is 54.1 Å². The van der Waals surface area contributed by atoms with Gasteiger partial charge in [0, 0.05) is 16.8 Å². The lowest BCUT2D eigenvalue weighted by molar-refractivity contribution is -0.113. The zero-order valence-corrected chi connectivity index (χ0v) is 14.4. The molecule has 2 aromatic carbocycles. The van der Waals surface area contributed by atoms with Crippen LogP contribution in [-0.2, 0) is 14.6 Å². The van der Waals surface area contributed by atoms with E-state index in [4.69, 9.17) is 5.11 Å². The predicted molar refractivity (Wildman–Crippen MR) is 92.3 cm³/mol. The molecule has 0 atom stereocenters. The summed E-state index contributed by atoms with van der Waals surface area (Å²) < 4.78 is 22.7. The molecule has 24 heavy (non-hydrogen) atoms. The number of nitrogens with one attached hydrogen (secondary N) is 1. The van der Waals surface area contributed by atoms with E-state index in [-0.39, 0.29) is 22.1 Å². The van der Waals surface area contributed by atoms with Crippen LogP contribution in [0.5, 0.6) is 0 Å². The molecule has 126 valence electrons. The minimum absolute atomic E-state index is 0.0398. The second-order valence-corrected chi connectivity index (χ2v) is 7.97. The van der Waals surface area contributed by atoms with Gasteiger partial charge in [0.2, 0.25) is 5.91 Å². The minimum Gasteiger partial charge on any atom is -0.478 e. The van der Waals surface area contributed by atoms with Crippen LogP contribution in [0.15, 0.2) is 58.3 Å². The molecule has 6 nitrogen and oxygen atoms in total. The Morgan fingerprint density at radius 3 is 2.29 bits per heavy atom. The van der Waals surface area contributed by atoms with Gasteiger partial charge < -0.3 is 10.4 Å². The van der Waals surface area contributed by atoms with E-state index >= 15 is 0 Å². The monoisotopic (exact) mass is 365 g/mol. The van der Waals surface area contributed by atoms with Gasteiger partial charge in [-0.2, -0.15) is 0 Å². The van der Waals surface area contributed by atoms with Crippen LogP contribution >= 0.6 is 11.8 Å². The average Bonchev–Trinajstić information content (AvgIpc) is 2.53. The lowest BCUT2D eigenvalue weighted by Crippen LogP contribution is -2.14. The number of amides is 1. The fourth-order valence-corrected chi connectivity index (χ4v) is 3.37. The quantitative estimate of drug-likeness (QED) is 0.763. The van der Waals surface area contributed by atoms with Gasteiger partial charge in [0.05, 0.1) is 16.2 Å². The van der Waals surface area contributed by atoms with Crippen molar-refractivity contribution in [3.63, 3.8) is 0 Å². The summed E-state index contributed by atoms with van der Waals surface area (Å²) in [4.78, 5) is 23.7. The van der Waals surface area contributed by atoms with Gasteiger partial charge in [-0.3, -0.25) is 4.79 Å². The van der Waals surface area contributed by atoms with Crippen LogP contribution in [0.4, 0.5) is 5.69 Å². The molecule has 0 saturated heterocycles. The van der Waals surface area contributed by atoms with Crippen molar-refractivity contribution in [2.24, 2.45) is 0 Å². The molecule has 0 spiro atoms. The summed E-state index contributed by atoms with van der Waals surface area (Å²) in [5.74, 6) is -1.32. The van der Waals surface area contributed by atoms with Crippen LogP contribution < -0.4 is 5.32 Å². The fraction of sp³-hybridized carbons (Fsp3) is 0.125. The molecule has 0 heterocycles. The van der Waals surface area contributed by atoms with Crippen LogP contribution in [0.3, 0.4) is 0 Å². The maximum atomic E-state index is 12.0. The number of sulfone groups is 1. The topological polar surface area (TPSA) is 101 Å². The summed E-state index contributed by atoms with van der Waals surface area (Å²) in [6, 6.07) is 12.3. The van der Waals surface area contributed by atoms with Gasteiger partial charge in [0.15, 0.2) is 9.84 Å². The fourth-order valence-electron chi connectivity index (χ4n) is 1.90. The minimum atomic E-state index is -3.28. The van der Waals surface area contributed by atoms with Crippen LogP contribution in [0, 0.1) is 0 Å². The van der Waals surface area contributed by atoms with Crippen molar-refractivity contribution in [2.45, 2.75) is 9.79 Å². The molecule has 0 bridgehead atoms. The van der Waals surface area contributed by atoms with Crippen molar-refractivity contribution in [2.75, 3.05) is 17.3 Å². The van der Waals surface area contributed by atoms with E-state index in [0.29, 0.717) is 10.6 Å². The molecule has 2 aromatic rings. The third-order valence-corrected chi connectivity index (χ3v) is 5.24. The Morgan fingerprint density at radius 2 is 1.71 bits per heavy atom. The smallest absolute Gasteiger partial charge is 0.336 e. The van der Waals surface area contributed by atoms with Gasteiger partial charge in [0.1, 0.15) is 0 Å². The van der Waals surface area contributed by atoms with Crippen LogP contribution in [0.25, 0.3) is 0 Å². The molecule has 8 heteroatoms. The van der Waals surface area contributed by atoms with Crippen molar-refractivity contribution in [3.8, 4) is 0 Å². The molecule has 2 rings (SSSR count). The number of carboxylic acids is 1. The number of aromatic carboxylic acids is 1. The summed E-state index contributed by atoms with van der Waals surface area (Å²) in [7, 11) is -3.28. The lowest BCUT2D eigenvalue weighted by atomic mass is 10.2. The summed E-state index contributed by atoms with van der Waals surface area (Å²) in [6.45, 7) is 0. The Hall–Kier alpha value is -2.32. The third-order valence-electron chi connectivity index (χ3n) is 3.04. The summed E-state index contributed by atoms with van der Waals surface area (Å²) >= 11 is 1.12. The number of hydrogen-bond donors (Lipinski definition) is 2. The Labute approximate surface area is 143 Å². The standard InChI is InChI=1S/C16H15NO5S2/c1-24(21,22)12-8-6-11(7-9-12)17-15(18)10-23-14-5-3-2-4-13(14)16(19)20/h2-9H,10H2,1H3,(H,17,18)(H,19,20). The number of carbonyl (C=O) groups excluding carboxylic acids is 1. The first kappa shape index (κ1) is 18.0. The van der Waals surface area contributed by atoms with Crippen molar-refractivity contribution < 1.29 is 23.1 Å². The first-order valence-corrected chi connectivity index (χ1v) is 9.70. The molecule has 0 aliphatic rings. The van der Waals surface area contributed by atoms with Gasteiger partial charge in [0.25, 0.3) is 0 Å². The number of anilines is 1. The number of carbonyl (C=O) groups is 2. The SMILES string of the molecule is CS(=O)(=O)c1ccc(NC(=O)CSc2ccccc2C(=O)O)cc1. The van der Waals surface area contributed by atoms with E-state index < -0.39 is 15.8 Å². The molecule has 0 radical (unpaired) electrons. The number of carboxylic acid groups (broad SMARTS) is 1. The number of hydrogen-bond acceptors (Lipinski definition) is 5. The molecular formula is C16H15NO5S2. The zero-order valence-electron chi connectivity index (χ0n) is 12.7. The maximum Gasteiger partial charge on any atom is 0.336 e. The molecule has 1 amide bonds. The molecule has 2 N–H and O–H groups in total. The van der Waals surface area contributed by atoms with Crippen molar-refractivity contribution >= 4 is 39.2 Å². The summed E-state index contributed by atoms with van der Waals surface area (Å²) in [5, 5.41) is 11.7. The molecule has 0 saturated carbocycles. The van der Waals surface area contributed by atoms with Gasteiger partial charge in [-0.1, -0.05) is 12.1 Å². The normalized spacial score (nSPS) is 11.0. The van der Waals surface area contributed by atoms with Crippen LogP contribution in [-0.4, -0.2) is 37.4 Å². The van der Waals surface area contributed by atoms with Gasteiger partial charge in [-0.15, -0.1) is 11.8 Å². The number of thioether (sulfide) groups is 1. The molecule has 0 aliphatic heterocycles. The van der Waals surface area contributed by atoms with Crippen LogP contribution in [0.2, 0.25) is 0 Å². The lowest BCUT2D eigenvalue weighted by Gasteiger charge is -2.07. The van der Waals surface area contributed by atoms with E-state index in [1.54, 1.807) is 18.2 Å². The highest BCUT2D eigenvalue weighted by Crippen LogP contribution is 2.23. The van der Waals surface area contributed by atoms with Crippen LogP contribution in [0.1, 0.15) is 10.4 Å². The summed E-state index contributed by atoms with van der Waals surface area (Å²) in [5.41, 5.74) is 0.618. The first-order valence-electron chi connectivity index (χ1n) is 6.82. The van der Waals surface area contributed by atoms with Gasteiger partial charge in [-0.25, -0.2) is 13.2 Å². The molecule has 0 aromatic heterocycles. The highest BCUT2D eigenvalue weighted by atomic mass is 32.2. The summed E-state index contributed by atoms with van der Waals surface area (Å²) in [6.07, 6.45) is 1.11. The van der Waals surface area contributed by atoms with Crippen molar-refractivity contribution in [1.29, 1.82) is 0 Å². The molecule has 0 unspecified atom stereocenters. The number of rotatable bonds is 6. The Kier molecular flexibility index (Phi) is 5.63. The highest BCUT2D eigenvalue weighted by Gasteiger charge is 2.12. The second kappa shape index (κ2) is 7.50. The maximum absolute atomic E-state index is 12.0. The Morgan fingerprint density at radius 1 is 1.08 bits per heavy atom. The largest absolute Gasteiger partial charge is 0.478 e. The van der Waals surface area contributed by atoms with E-state index in [2.05, 4.69) is 5.32 Å². The van der Waals surface area contributed by atoms with E-state index in [1.165, 1.54) is 30.3 Å². The zero-order chi connectivity index (χ0) is 17.7. The van der Waals surface area contributed by atoms with Crippen molar-refractivity contribution in [1.82, 2.24) is 0 Å². The highest BCUT2D eigenvalue weighted by molar-refractivity contribution is 8.00. The molecular weight excluding hydrogens is 350 g/mol. The third kappa shape index (κ3) is 4.84. The molecule has 0 aliphatic carbocycles. The van der Waals surface area contributed by atoms with Gasteiger partial charge >= 0.3 is 5.97 Å². The average molecular weight is 365 g/mol.